The van der Waals surface area contributed by atoms with E-state index in [1.165, 1.54) is 0 Å². The molecule has 0 spiro atoms. The lowest BCUT2D eigenvalue weighted by Gasteiger charge is -2.19. The average molecular weight is 185 g/mol. The van der Waals surface area contributed by atoms with Gasteiger partial charge in [-0.15, -0.1) is 0 Å². The molecule has 0 heterocycles. The molecule has 0 bridgehead atoms. The Kier molecular flexibility index (Phi) is 4.23. The standard InChI is InChI=1S/C8H19N5/c1-4-8(2,3)5-12-7(11)13-6(9)10/h4-5H2,1-3H3,(H6,9,10,11,12,13). The fraction of sp³-hybridized carbons (Fsp3) is 0.750. The molecule has 0 saturated carbocycles. The molecule has 0 aliphatic carbocycles. The molecule has 0 aromatic heterocycles. The second-order valence-corrected chi connectivity index (χ2v) is 3.73. The van der Waals surface area contributed by atoms with Crippen molar-refractivity contribution in [3.8, 4) is 0 Å². The van der Waals surface area contributed by atoms with Gasteiger partial charge in [-0.05, 0) is 11.8 Å². The maximum Gasteiger partial charge on any atom is 0.218 e. The van der Waals surface area contributed by atoms with Crippen LogP contribution in [0.15, 0.2) is 9.98 Å². The molecule has 0 aromatic carbocycles. The molecular formula is C8H19N5. The van der Waals surface area contributed by atoms with Gasteiger partial charge < -0.3 is 17.2 Å². The summed E-state index contributed by atoms with van der Waals surface area (Å²) in [4.78, 5) is 7.67. The minimum atomic E-state index is -0.0597. The third-order valence-corrected chi connectivity index (χ3v) is 1.87. The molecule has 76 valence electrons. The van der Waals surface area contributed by atoms with Crippen molar-refractivity contribution >= 4 is 11.9 Å². The Morgan fingerprint density at radius 2 is 1.77 bits per heavy atom. The van der Waals surface area contributed by atoms with Gasteiger partial charge in [0.05, 0.1) is 0 Å². The molecule has 0 aliphatic rings. The van der Waals surface area contributed by atoms with E-state index in [1.807, 2.05) is 0 Å². The fourth-order valence-electron chi connectivity index (χ4n) is 0.574. The predicted molar refractivity (Wildman–Crippen MR) is 56.4 cm³/mol. The summed E-state index contributed by atoms with van der Waals surface area (Å²) >= 11 is 0. The van der Waals surface area contributed by atoms with Crippen molar-refractivity contribution in [1.29, 1.82) is 0 Å². The minimum Gasteiger partial charge on any atom is -0.370 e. The van der Waals surface area contributed by atoms with E-state index < -0.39 is 0 Å². The first-order valence-electron chi connectivity index (χ1n) is 4.27. The molecule has 0 atom stereocenters. The summed E-state index contributed by atoms with van der Waals surface area (Å²) in [6, 6.07) is 0. The van der Waals surface area contributed by atoms with Gasteiger partial charge in [0.15, 0.2) is 5.96 Å². The Labute approximate surface area is 79.1 Å². The Hall–Kier alpha value is -1.26. The molecule has 0 fully saturated rings. The lowest BCUT2D eigenvalue weighted by Crippen LogP contribution is -2.27. The summed E-state index contributed by atoms with van der Waals surface area (Å²) < 4.78 is 0. The molecule has 6 N–H and O–H groups in total. The van der Waals surface area contributed by atoms with Crippen molar-refractivity contribution in [3.63, 3.8) is 0 Å². The van der Waals surface area contributed by atoms with E-state index in [9.17, 15) is 0 Å². The van der Waals surface area contributed by atoms with Crippen LogP contribution in [0.1, 0.15) is 27.2 Å². The molecule has 0 radical (unpaired) electrons. The molecule has 0 rings (SSSR count). The monoisotopic (exact) mass is 185 g/mol. The first-order chi connectivity index (χ1) is 5.87. The van der Waals surface area contributed by atoms with Crippen LogP contribution < -0.4 is 17.2 Å². The number of nitrogens with two attached hydrogens (primary N) is 3. The largest absolute Gasteiger partial charge is 0.370 e. The number of nitrogens with zero attached hydrogens (tertiary/aromatic N) is 2. The zero-order chi connectivity index (χ0) is 10.5. The summed E-state index contributed by atoms with van der Waals surface area (Å²) in [5.74, 6) is 0.0806. The second-order valence-electron chi connectivity index (χ2n) is 3.73. The summed E-state index contributed by atoms with van der Waals surface area (Å²) in [5.41, 5.74) is 15.8. The van der Waals surface area contributed by atoms with Crippen LogP contribution in [0.25, 0.3) is 0 Å². The maximum atomic E-state index is 5.44. The number of aliphatic imine (C=N–C) groups is 2. The molecular weight excluding hydrogens is 166 g/mol. The Morgan fingerprint density at radius 3 is 2.15 bits per heavy atom. The number of hydrogen-bond donors (Lipinski definition) is 3. The lowest BCUT2D eigenvalue weighted by molar-refractivity contribution is 0.366. The van der Waals surface area contributed by atoms with Gasteiger partial charge in [-0.25, -0.2) is 0 Å². The van der Waals surface area contributed by atoms with Crippen LogP contribution in [0.3, 0.4) is 0 Å². The van der Waals surface area contributed by atoms with Crippen LogP contribution in [-0.2, 0) is 0 Å². The zero-order valence-corrected chi connectivity index (χ0v) is 8.54. The molecule has 0 unspecified atom stereocenters. The maximum absolute atomic E-state index is 5.44. The lowest BCUT2D eigenvalue weighted by atomic mass is 9.91. The smallest absolute Gasteiger partial charge is 0.218 e. The van der Waals surface area contributed by atoms with Crippen LogP contribution in [-0.4, -0.2) is 18.5 Å². The Morgan fingerprint density at radius 1 is 1.23 bits per heavy atom. The van der Waals surface area contributed by atoms with E-state index in [2.05, 4.69) is 30.8 Å². The van der Waals surface area contributed by atoms with Crippen LogP contribution in [0.2, 0.25) is 0 Å². The van der Waals surface area contributed by atoms with Crippen LogP contribution in [0, 0.1) is 5.41 Å². The molecule has 5 nitrogen and oxygen atoms in total. The van der Waals surface area contributed by atoms with E-state index in [0.717, 1.165) is 6.42 Å². The summed E-state index contributed by atoms with van der Waals surface area (Å²) in [5, 5.41) is 0. The van der Waals surface area contributed by atoms with Gasteiger partial charge in [0.25, 0.3) is 0 Å². The molecule has 0 amide bonds. The molecule has 0 saturated heterocycles. The normalized spacial score (nSPS) is 12.7. The first-order valence-corrected chi connectivity index (χ1v) is 4.27. The third-order valence-electron chi connectivity index (χ3n) is 1.87. The summed E-state index contributed by atoms with van der Waals surface area (Å²) in [6.07, 6.45) is 1.03. The highest BCUT2D eigenvalue weighted by Gasteiger charge is 2.13. The highest BCUT2D eigenvalue weighted by Crippen LogP contribution is 2.19. The number of hydrogen-bond acceptors (Lipinski definition) is 1. The number of guanidine groups is 2. The quantitative estimate of drug-likeness (QED) is 0.426. The van der Waals surface area contributed by atoms with Crippen molar-refractivity contribution in [1.82, 2.24) is 0 Å². The van der Waals surface area contributed by atoms with Crippen molar-refractivity contribution in [2.45, 2.75) is 27.2 Å². The SMILES string of the molecule is CCC(C)(C)CN=C(N)N=C(N)N. The van der Waals surface area contributed by atoms with E-state index in [1.54, 1.807) is 0 Å². The van der Waals surface area contributed by atoms with Gasteiger partial charge in [-0.1, -0.05) is 20.8 Å². The van der Waals surface area contributed by atoms with E-state index >= 15 is 0 Å². The van der Waals surface area contributed by atoms with Crippen LogP contribution in [0.4, 0.5) is 0 Å². The second kappa shape index (κ2) is 4.69. The first kappa shape index (κ1) is 11.7. The molecule has 13 heavy (non-hydrogen) atoms. The van der Waals surface area contributed by atoms with E-state index in [0.29, 0.717) is 6.54 Å². The highest BCUT2D eigenvalue weighted by atomic mass is 15.1. The van der Waals surface area contributed by atoms with Crippen molar-refractivity contribution in [2.24, 2.45) is 32.6 Å². The van der Waals surface area contributed by atoms with Crippen molar-refractivity contribution < 1.29 is 0 Å². The number of rotatable bonds is 3. The fourth-order valence-corrected chi connectivity index (χ4v) is 0.574. The minimum absolute atomic E-state index is 0.0597. The van der Waals surface area contributed by atoms with E-state index in [4.69, 9.17) is 17.2 Å². The molecule has 5 heteroatoms. The van der Waals surface area contributed by atoms with Gasteiger partial charge in [-0.3, -0.25) is 4.99 Å². The van der Waals surface area contributed by atoms with Gasteiger partial charge in [0.2, 0.25) is 5.96 Å². The predicted octanol–water partition coefficient (Wildman–Crippen LogP) is 0.0107. The van der Waals surface area contributed by atoms with Gasteiger partial charge in [-0.2, -0.15) is 4.99 Å². The Balaban J connectivity index is 4.20. The Bertz CT molecular complexity index is 213. The van der Waals surface area contributed by atoms with Gasteiger partial charge in [0.1, 0.15) is 0 Å². The summed E-state index contributed by atoms with van der Waals surface area (Å²) in [7, 11) is 0. The third kappa shape index (κ3) is 5.95. The summed E-state index contributed by atoms with van der Waals surface area (Å²) in [6.45, 7) is 6.96. The average Bonchev–Trinajstić information content (AvgIpc) is 2.00. The van der Waals surface area contributed by atoms with Crippen molar-refractivity contribution in [3.05, 3.63) is 0 Å². The highest BCUT2D eigenvalue weighted by molar-refractivity contribution is 5.92. The zero-order valence-electron chi connectivity index (χ0n) is 8.54. The van der Waals surface area contributed by atoms with Gasteiger partial charge >= 0.3 is 0 Å². The van der Waals surface area contributed by atoms with Crippen LogP contribution in [0.5, 0.6) is 0 Å². The van der Waals surface area contributed by atoms with Crippen LogP contribution >= 0.6 is 0 Å². The van der Waals surface area contributed by atoms with Gasteiger partial charge in [0, 0.05) is 6.54 Å². The topological polar surface area (TPSA) is 103 Å². The van der Waals surface area contributed by atoms with E-state index in [-0.39, 0.29) is 17.3 Å². The molecule has 0 aliphatic heterocycles. The van der Waals surface area contributed by atoms with Crippen molar-refractivity contribution in [2.75, 3.05) is 6.54 Å². The molecule has 0 aromatic rings.